The number of hydrogen-bond acceptors (Lipinski definition) is 3. The molecule has 0 radical (unpaired) electrons. The van der Waals surface area contributed by atoms with Gasteiger partial charge < -0.3 is 15.5 Å². The highest BCUT2D eigenvalue weighted by Crippen LogP contribution is 2.23. The molecule has 5 nitrogen and oxygen atoms in total. The zero-order chi connectivity index (χ0) is 18.7. The average molecular weight is 351 g/mol. The number of amides is 2. The highest BCUT2D eigenvalue weighted by molar-refractivity contribution is 6.43. The zero-order valence-electron chi connectivity index (χ0n) is 15.6. The number of anilines is 3. The molecule has 2 N–H and O–H groups in total. The molecule has 2 aromatic carbocycles. The van der Waals surface area contributed by atoms with Crippen LogP contribution >= 0.6 is 0 Å². The first-order chi connectivity index (χ1) is 12.4. The number of rotatable bonds is 3. The van der Waals surface area contributed by atoms with Gasteiger partial charge in [0.1, 0.15) is 0 Å². The third-order valence-electron chi connectivity index (χ3n) is 4.72. The summed E-state index contributed by atoms with van der Waals surface area (Å²) >= 11 is 0. The lowest BCUT2D eigenvalue weighted by Gasteiger charge is -2.17. The Morgan fingerprint density at radius 2 is 1.38 bits per heavy atom. The fourth-order valence-electron chi connectivity index (χ4n) is 3.47. The maximum atomic E-state index is 12.3. The van der Waals surface area contributed by atoms with E-state index in [9.17, 15) is 9.59 Å². The fourth-order valence-corrected chi connectivity index (χ4v) is 3.47. The first-order valence-corrected chi connectivity index (χ1v) is 8.99. The summed E-state index contributed by atoms with van der Waals surface area (Å²) in [5, 5.41) is 5.38. The standard InChI is InChI=1S/C21H25N3O2/c1-14-12-15(2)19(16(3)13-14)23-21(26)20(25)22-17-6-8-18(9-7-17)24-10-4-5-11-24/h6-9,12-13H,4-5,10-11H2,1-3H3,(H,22,25)(H,23,26). The second kappa shape index (κ2) is 7.60. The molecule has 1 fully saturated rings. The number of carbonyl (C=O) groups excluding carboxylic acids is 2. The Kier molecular flexibility index (Phi) is 5.26. The van der Waals surface area contributed by atoms with E-state index in [2.05, 4.69) is 15.5 Å². The van der Waals surface area contributed by atoms with Crippen molar-refractivity contribution >= 4 is 28.9 Å². The van der Waals surface area contributed by atoms with Gasteiger partial charge in [-0.2, -0.15) is 0 Å². The minimum absolute atomic E-state index is 0.616. The van der Waals surface area contributed by atoms with Crippen molar-refractivity contribution in [3.05, 3.63) is 53.1 Å². The molecule has 0 bridgehead atoms. The summed E-state index contributed by atoms with van der Waals surface area (Å²) < 4.78 is 0. The van der Waals surface area contributed by atoms with Gasteiger partial charge in [0, 0.05) is 30.2 Å². The van der Waals surface area contributed by atoms with Gasteiger partial charge in [-0.3, -0.25) is 9.59 Å². The minimum atomic E-state index is -0.668. The Morgan fingerprint density at radius 1 is 0.846 bits per heavy atom. The molecule has 0 saturated carbocycles. The van der Waals surface area contributed by atoms with Gasteiger partial charge in [-0.25, -0.2) is 0 Å². The number of carbonyl (C=O) groups is 2. The van der Waals surface area contributed by atoms with E-state index in [1.165, 1.54) is 12.8 Å². The van der Waals surface area contributed by atoms with Crippen molar-refractivity contribution in [1.29, 1.82) is 0 Å². The number of benzene rings is 2. The maximum absolute atomic E-state index is 12.3. The van der Waals surface area contributed by atoms with Gasteiger partial charge in [0.15, 0.2) is 0 Å². The average Bonchev–Trinajstić information content (AvgIpc) is 3.13. The topological polar surface area (TPSA) is 61.4 Å². The van der Waals surface area contributed by atoms with Crippen molar-refractivity contribution in [2.45, 2.75) is 33.6 Å². The number of hydrogen-bond donors (Lipinski definition) is 2. The van der Waals surface area contributed by atoms with Crippen LogP contribution in [0.25, 0.3) is 0 Å². The van der Waals surface area contributed by atoms with E-state index in [0.29, 0.717) is 11.4 Å². The SMILES string of the molecule is Cc1cc(C)c(NC(=O)C(=O)Nc2ccc(N3CCCC3)cc2)c(C)c1. The minimum Gasteiger partial charge on any atom is -0.372 e. The maximum Gasteiger partial charge on any atom is 0.314 e. The van der Waals surface area contributed by atoms with E-state index in [-0.39, 0.29) is 0 Å². The second-order valence-electron chi connectivity index (χ2n) is 6.92. The van der Waals surface area contributed by atoms with Gasteiger partial charge in [0.2, 0.25) is 0 Å². The molecule has 0 aromatic heterocycles. The summed E-state index contributed by atoms with van der Waals surface area (Å²) in [5.74, 6) is -1.33. The Morgan fingerprint density at radius 3 is 1.96 bits per heavy atom. The van der Waals surface area contributed by atoms with Crippen LogP contribution in [0.3, 0.4) is 0 Å². The molecule has 26 heavy (non-hydrogen) atoms. The van der Waals surface area contributed by atoms with Crippen LogP contribution in [0.2, 0.25) is 0 Å². The Balaban J connectivity index is 1.63. The zero-order valence-corrected chi connectivity index (χ0v) is 15.6. The number of aryl methyl sites for hydroxylation is 3. The van der Waals surface area contributed by atoms with Crippen LogP contribution in [-0.4, -0.2) is 24.9 Å². The van der Waals surface area contributed by atoms with Gasteiger partial charge in [-0.1, -0.05) is 17.7 Å². The predicted molar refractivity (Wildman–Crippen MR) is 106 cm³/mol. The molecular weight excluding hydrogens is 326 g/mol. The molecule has 1 saturated heterocycles. The summed E-state index contributed by atoms with van der Waals surface area (Å²) in [6, 6.07) is 11.6. The molecule has 0 atom stereocenters. The van der Waals surface area contributed by atoms with Crippen LogP contribution in [0.5, 0.6) is 0 Å². The van der Waals surface area contributed by atoms with Gasteiger partial charge in [-0.05, 0) is 69.0 Å². The molecular formula is C21H25N3O2. The van der Waals surface area contributed by atoms with E-state index < -0.39 is 11.8 Å². The third kappa shape index (κ3) is 4.04. The molecule has 2 aromatic rings. The Hall–Kier alpha value is -2.82. The van der Waals surface area contributed by atoms with Crippen molar-refractivity contribution in [1.82, 2.24) is 0 Å². The predicted octanol–water partition coefficient (Wildman–Crippen LogP) is 3.79. The van der Waals surface area contributed by atoms with Crippen molar-refractivity contribution in [2.24, 2.45) is 0 Å². The molecule has 1 aliphatic heterocycles. The van der Waals surface area contributed by atoms with Gasteiger partial charge in [0.05, 0.1) is 0 Å². The lowest BCUT2D eigenvalue weighted by molar-refractivity contribution is -0.133. The van der Waals surface area contributed by atoms with E-state index in [4.69, 9.17) is 0 Å². The van der Waals surface area contributed by atoms with E-state index in [1.807, 2.05) is 57.2 Å². The lowest BCUT2D eigenvalue weighted by atomic mass is 10.1. The van der Waals surface area contributed by atoms with Crippen LogP contribution in [0.1, 0.15) is 29.5 Å². The van der Waals surface area contributed by atoms with Gasteiger partial charge in [-0.15, -0.1) is 0 Å². The third-order valence-corrected chi connectivity index (χ3v) is 4.72. The Bertz CT molecular complexity index is 799. The summed E-state index contributed by atoms with van der Waals surface area (Å²) in [4.78, 5) is 26.8. The van der Waals surface area contributed by atoms with Crippen molar-refractivity contribution < 1.29 is 9.59 Å². The monoisotopic (exact) mass is 351 g/mol. The normalized spacial score (nSPS) is 13.6. The molecule has 1 heterocycles. The van der Waals surface area contributed by atoms with E-state index in [1.54, 1.807) is 0 Å². The summed E-state index contributed by atoms with van der Waals surface area (Å²) in [6.45, 7) is 7.99. The van der Waals surface area contributed by atoms with Crippen LogP contribution in [0.4, 0.5) is 17.1 Å². The molecule has 2 amide bonds. The first-order valence-electron chi connectivity index (χ1n) is 8.99. The van der Waals surface area contributed by atoms with Crippen LogP contribution < -0.4 is 15.5 Å². The van der Waals surface area contributed by atoms with E-state index >= 15 is 0 Å². The number of nitrogens with zero attached hydrogens (tertiary/aromatic N) is 1. The summed E-state index contributed by atoms with van der Waals surface area (Å²) in [6.07, 6.45) is 2.44. The summed E-state index contributed by atoms with van der Waals surface area (Å²) in [7, 11) is 0. The smallest absolute Gasteiger partial charge is 0.314 e. The summed E-state index contributed by atoms with van der Waals surface area (Å²) in [5.41, 5.74) is 5.47. The molecule has 3 rings (SSSR count). The molecule has 0 spiro atoms. The van der Waals surface area contributed by atoms with Crippen LogP contribution in [0, 0.1) is 20.8 Å². The highest BCUT2D eigenvalue weighted by atomic mass is 16.2. The molecule has 0 unspecified atom stereocenters. The first kappa shape index (κ1) is 18.0. The van der Waals surface area contributed by atoms with Crippen molar-refractivity contribution in [3.63, 3.8) is 0 Å². The molecule has 0 aliphatic carbocycles. The highest BCUT2D eigenvalue weighted by Gasteiger charge is 2.17. The van der Waals surface area contributed by atoms with Crippen LogP contribution in [0.15, 0.2) is 36.4 Å². The van der Waals surface area contributed by atoms with Crippen molar-refractivity contribution in [2.75, 3.05) is 28.6 Å². The molecule has 136 valence electrons. The number of nitrogens with one attached hydrogen (secondary N) is 2. The fraction of sp³-hybridized carbons (Fsp3) is 0.333. The largest absolute Gasteiger partial charge is 0.372 e. The van der Waals surface area contributed by atoms with Gasteiger partial charge in [0.25, 0.3) is 0 Å². The van der Waals surface area contributed by atoms with Gasteiger partial charge >= 0.3 is 11.8 Å². The van der Waals surface area contributed by atoms with Crippen molar-refractivity contribution in [3.8, 4) is 0 Å². The molecule has 1 aliphatic rings. The quantitative estimate of drug-likeness (QED) is 0.827. The van der Waals surface area contributed by atoms with Crippen LogP contribution in [-0.2, 0) is 9.59 Å². The molecule has 5 heteroatoms. The Labute approximate surface area is 154 Å². The lowest BCUT2D eigenvalue weighted by Crippen LogP contribution is -2.29. The second-order valence-corrected chi connectivity index (χ2v) is 6.92. The van der Waals surface area contributed by atoms with E-state index in [0.717, 1.165) is 35.5 Å².